The van der Waals surface area contributed by atoms with Crippen LogP contribution in [0.15, 0.2) is 30.6 Å². The molecule has 2 aliphatic heterocycles. The molecule has 11 nitrogen and oxygen atoms in total. The Morgan fingerprint density at radius 1 is 1.29 bits per heavy atom. The fraction of sp³-hybridized carbons (Fsp3) is 0.517. The molecule has 5 rings (SSSR count). The number of thiophene rings is 1. The van der Waals surface area contributed by atoms with Gasteiger partial charge in [0.2, 0.25) is 5.91 Å². The first-order chi connectivity index (χ1) is 20.0. The number of carbonyl (C=O) groups excluding carboxylic acids is 1. The molecule has 228 valence electrons. The SMILES string of the molecule is C[C@H](O)[C@@H](C)C(=O)O.Cc1nn(-c2ncccc2CNCC(N)=O)cc1CN1CCC2(CC1)OCCc1cc(F)sc12. The molecule has 13 heteroatoms. The van der Waals surface area contributed by atoms with Crippen LogP contribution in [-0.4, -0.2) is 74.1 Å². The fourth-order valence-corrected chi connectivity index (χ4v) is 6.27. The van der Waals surface area contributed by atoms with Gasteiger partial charge in [-0.1, -0.05) is 6.07 Å². The van der Waals surface area contributed by atoms with Gasteiger partial charge in [0.1, 0.15) is 5.60 Å². The van der Waals surface area contributed by atoms with Crippen molar-refractivity contribution in [1.29, 1.82) is 0 Å². The smallest absolute Gasteiger partial charge is 0.308 e. The minimum atomic E-state index is -0.958. The maximum Gasteiger partial charge on any atom is 0.308 e. The van der Waals surface area contributed by atoms with E-state index in [1.54, 1.807) is 12.3 Å². The van der Waals surface area contributed by atoms with E-state index in [0.717, 1.165) is 72.0 Å². The van der Waals surface area contributed by atoms with Crippen LogP contribution >= 0.6 is 11.3 Å². The second-order valence-corrected chi connectivity index (χ2v) is 11.9. The second kappa shape index (κ2) is 13.8. The summed E-state index contributed by atoms with van der Waals surface area (Å²) in [7, 11) is 0. The van der Waals surface area contributed by atoms with Gasteiger partial charge in [0.25, 0.3) is 0 Å². The van der Waals surface area contributed by atoms with Crippen LogP contribution in [0.4, 0.5) is 4.39 Å². The van der Waals surface area contributed by atoms with E-state index in [2.05, 4.69) is 15.2 Å². The number of hydrogen-bond donors (Lipinski definition) is 4. The number of nitrogens with two attached hydrogens (primary N) is 1. The molecule has 2 atom stereocenters. The summed E-state index contributed by atoms with van der Waals surface area (Å²) in [6.07, 6.45) is 5.54. The Morgan fingerprint density at radius 2 is 2.02 bits per heavy atom. The molecular weight excluding hydrogens is 563 g/mol. The van der Waals surface area contributed by atoms with Crippen LogP contribution in [-0.2, 0) is 39.4 Å². The highest BCUT2D eigenvalue weighted by Gasteiger charge is 2.42. The van der Waals surface area contributed by atoms with E-state index in [1.165, 1.54) is 25.2 Å². The molecule has 0 aliphatic carbocycles. The van der Waals surface area contributed by atoms with Gasteiger partial charge in [0.15, 0.2) is 10.9 Å². The Labute approximate surface area is 248 Å². The largest absolute Gasteiger partial charge is 0.481 e. The lowest BCUT2D eigenvalue weighted by atomic mass is 9.85. The Morgan fingerprint density at radius 3 is 2.67 bits per heavy atom. The number of fused-ring (bicyclic) bond motifs is 2. The van der Waals surface area contributed by atoms with E-state index in [0.29, 0.717) is 13.2 Å². The standard InChI is InChI=1S/C24H29FN6O2S.C5H10O3/c1-16-19(15-31(29-16)23-18(3-2-7-28-23)12-27-13-21(26)32)14-30-8-5-24(6-9-30)22-17(4-10-33-24)11-20(25)34-22;1-3(4(2)6)5(7)8/h2-3,7,11,15,27H,4-6,8-10,12-14H2,1H3,(H2,26,32);3-4,6H,1-2H3,(H,7,8)/t;3-,4+/m.1/s1. The van der Waals surface area contributed by atoms with Gasteiger partial charge in [-0.15, -0.1) is 11.3 Å². The van der Waals surface area contributed by atoms with Gasteiger partial charge in [-0.3, -0.25) is 14.5 Å². The second-order valence-electron chi connectivity index (χ2n) is 10.9. The zero-order chi connectivity index (χ0) is 30.4. The number of nitrogens with one attached hydrogen (secondary N) is 1. The third-order valence-corrected chi connectivity index (χ3v) is 8.96. The van der Waals surface area contributed by atoms with Crippen LogP contribution in [0.2, 0.25) is 0 Å². The first-order valence-electron chi connectivity index (χ1n) is 14.0. The van der Waals surface area contributed by atoms with E-state index < -0.39 is 23.9 Å². The Bertz CT molecular complexity index is 1380. The van der Waals surface area contributed by atoms with Crippen molar-refractivity contribution in [2.24, 2.45) is 11.7 Å². The summed E-state index contributed by atoms with van der Waals surface area (Å²) in [6, 6.07) is 5.51. The van der Waals surface area contributed by atoms with Crippen LogP contribution in [0.5, 0.6) is 0 Å². The highest BCUT2D eigenvalue weighted by molar-refractivity contribution is 7.10. The van der Waals surface area contributed by atoms with Crippen molar-refractivity contribution in [2.75, 3.05) is 26.2 Å². The molecular formula is C29H39FN6O5S. The van der Waals surface area contributed by atoms with E-state index in [9.17, 15) is 14.0 Å². The van der Waals surface area contributed by atoms with Gasteiger partial charge in [0.05, 0.1) is 30.9 Å². The molecule has 0 bridgehead atoms. The Hall–Kier alpha value is -3.23. The molecule has 3 aromatic heterocycles. The number of pyridine rings is 1. The molecule has 0 aromatic carbocycles. The van der Waals surface area contributed by atoms with Crippen molar-refractivity contribution in [3.63, 3.8) is 0 Å². The normalized spacial score (nSPS) is 17.6. The molecule has 1 fully saturated rings. The number of aryl methyl sites for hydroxylation is 1. The number of nitrogens with zero attached hydrogens (tertiary/aromatic N) is 4. The molecule has 1 amide bonds. The number of primary amides is 1. The maximum absolute atomic E-state index is 13.9. The minimum absolute atomic E-state index is 0.109. The van der Waals surface area contributed by atoms with Crippen LogP contribution in [0, 0.1) is 18.0 Å². The lowest BCUT2D eigenvalue weighted by Gasteiger charge is -2.43. The monoisotopic (exact) mass is 602 g/mol. The molecule has 0 unspecified atom stereocenters. The van der Waals surface area contributed by atoms with Gasteiger partial charge in [-0.05, 0) is 57.7 Å². The summed E-state index contributed by atoms with van der Waals surface area (Å²) >= 11 is 1.25. The van der Waals surface area contributed by atoms with E-state index in [-0.39, 0.29) is 17.3 Å². The average Bonchev–Trinajstić information content (AvgIpc) is 3.52. The number of aromatic nitrogens is 3. The molecule has 1 saturated heterocycles. The Balaban J connectivity index is 0.000000446. The number of ether oxygens (including phenoxy) is 1. The number of rotatable bonds is 9. The number of aliphatic hydroxyl groups is 1. The van der Waals surface area contributed by atoms with Gasteiger partial charge in [-0.25, -0.2) is 9.67 Å². The van der Waals surface area contributed by atoms with Crippen LogP contribution in [0.1, 0.15) is 54.0 Å². The summed E-state index contributed by atoms with van der Waals surface area (Å²) in [6.45, 7) is 8.73. The van der Waals surface area contributed by atoms with Gasteiger partial charge >= 0.3 is 5.97 Å². The molecule has 2 aliphatic rings. The third-order valence-electron chi connectivity index (χ3n) is 7.81. The number of carboxylic acids is 1. The average molecular weight is 603 g/mol. The first-order valence-corrected chi connectivity index (χ1v) is 14.8. The number of carbonyl (C=O) groups is 2. The fourth-order valence-electron chi connectivity index (χ4n) is 5.13. The summed E-state index contributed by atoms with van der Waals surface area (Å²) in [5.74, 6) is -1.28. The highest BCUT2D eigenvalue weighted by Crippen LogP contribution is 2.45. The number of carboxylic acid groups (broad SMARTS) is 1. The molecule has 0 radical (unpaired) electrons. The van der Waals surface area contributed by atoms with Crippen LogP contribution in [0.25, 0.3) is 5.82 Å². The van der Waals surface area contributed by atoms with Gasteiger partial charge in [-0.2, -0.15) is 9.49 Å². The Kier molecular flexibility index (Phi) is 10.4. The maximum atomic E-state index is 13.9. The number of aliphatic carboxylic acids is 1. The molecule has 3 aromatic rings. The van der Waals surface area contributed by atoms with E-state index >= 15 is 0 Å². The zero-order valence-electron chi connectivity index (χ0n) is 24.2. The predicted octanol–water partition coefficient (Wildman–Crippen LogP) is 2.50. The van der Waals surface area contributed by atoms with E-state index in [4.69, 9.17) is 25.8 Å². The highest BCUT2D eigenvalue weighted by atomic mass is 32.1. The molecule has 5 heterocycles. The van der Waals surface area contributed by atoms with Crippen molar-refractivity contribution < 1.29 is 28.9 Å². The quantitative estimate of drug-likeness (QED) is 0.289. The number of hydrogen-bond acceptors (Lipinski definition) is 9. The topological polar surface area (TPSA) is 156 Å². The predicted molar refractivity (Wildman–Crippen MR) is 156 cm³/mol. The summed E-state index contributed by atoms with van der Waals surface area (Å²) in [5.41, 5.74) is 9.05. The number of likely N-dealkylation sites (tertiary alicyclic amines) is 1. The van der Waals surface area contributed by atoms with Crippen molar-refractivity contribution in [3.8, 4) is 5.82 Å². The number of halogens is 1. The molecule has 42 heavy (non-hydrogen) atoms. The summed E-state index contributed by atoms with van der Waals surface area (Å²) in [5, 5.41) is 24.4. The van der Waals surface area contributed by atoms with Crippen molar-refractivity contribution >= 4 is 23.2 Å². The van der Waals surface area contributed by atoms with E-state index in [1.807, 2.05) is 29.9 Å². The van der Waals surface area contributed by atoms with Crippen molar-refractivity contribution in [1.82, 2.24) is 25.0 Å². The van der Waals surface area contributed by atoms with Crippen molar-refractivity contribution in [3.05, 3.63) is 63.0 Å². The van der Waals surface area contributed by atoms with Crippen LogP contribution in [0.3, 0.4) is 0 Å². The lowest BCUT2D eigenvalue weighted by molar-refractivity contribution is -0.144. The number of aliphatic hydroxyl groups excluding tert-OH is 1. The summed E-state index contributed by atoms with van der Waals surface area (Å²) < 4.78 is 22.0. The lowest BCUT2D eigenvalue weighted by Crippen LogP contribution is -2.45. The van der Waals surface area contributed by atoms with Gasteiger partial charge in [0, 0.05) is 54.6 Å². The van der Waals surface area contributed by atoms with Crippen molar-refractivity contribution in [2.45, 2.75) is 64.8 Å². The zero-order valence-corrected chi connectivity index (χ0v) is 25.0. The first kappa shape index (κ1) is 31.7. The molecule has 1 spiro atoms. The van der Waals surface area contributed by atoms with Crippen LogP contribution < -0.4 is 11.1 Å². The molecule has 0 saturated carbocycles. The number of amides is 1. The number of piperidine rings is 1. The third kappa shape index (κ3) is 7.58. The molecule has 5 N–H and O–H groups in total. The van der Waals surface area contributed by atoms with Gasteiger partial charge < -0.3 is 26.0 Å². The summed E-state index contributed by atoms with van der Waals surface area (Å²) in [4.78, 5) is 29.0. The minimum Gasteiger partial charge on any atom is -0.481 e.